The molecule has 0 amide bonds. The number of carbonyl (C=O) groups excluding carboxylic acids is 2. The second-order valence-electron chi connectivity index (χ2n) is 8.68. The van der Waals surface area contributed by atoms with E-state index in [1.807, 2.05) is 67.1 Å². The number of nitrogens with zero attached hydrogens (tertiary/aromatic N) is 2. The van der Waals surface area contributed by atoms with Crippen molar-refractivity contribution in [3.05, 3.63) is 114 Å². The van der Waals surface area contributed by atoms with Crippen LogP contribution in [-0.2, 0) is 6.54 Å². The van der Waals surface area contributed by atoms with E-state index < -0.39 is 11.9 Å². The van der Waals surface area contributed by atoms with Crippen LogP contribution in [0.15, 0.2) is 97.3 Å². The van der Waals surface area contributed by atoms with Crippen molar-refractivity contribution in [3.8, 4) is 17.2 Å². The highest BCUT2D eigenvalue weighted by Crippen LogP contribution is 2.21. The number of benzene rings is 3. The third-order valence-electron chi connectivity index (χ3n) is 5.63. The Balaban J connectivity index is 0.00000400. The van der Waals surface area contributed by atoms with Crippen molar-refractivity contribution in [1.29, 1.82) is 0 Å². The molecule has 0 spiro atoms. The number of aromatic nitrogens is 1. The first-order chi connectivity index (χ1) is 17.9. The van der Waals surface area contributed by atoms with Crippen LogP contribution in [0.1, 0.15) is 26.3 Å². The molecule has 0 saturated heterocycles. The normalized spacial score (nSPS) is 10.2. The minimum atomic E-state index is -0.493. The molecule has 38 heavy (non-hydrogen) atoms. The lowest BCUT2D eigenvalue weighted by Crippen LogP contribution is -2.35. The lowest BCUT2D eigenvalue weighted by Gasteiger charge is -2.10. The van der Waals surface area contributed by atoms with E-state index >= 15 is 0 Å². The van der Waals surface area contributed by atoms with Gasteiger partial charge in [0.2, 0.25) is 0 Å². The fraction of sp³-hybridized carbons (Fsp3) is 0.167. The summed E-state index contributed by atoms with van der Waals surface area (Å²) >= 11 is 0. The van der Waals surface area contributed by atoms with Crippen molar-refractivity contribution < 1.29 is 28.4 Å². The van der Waals surface area contributed by atoms with Gasteiger partial charge in [-0.1, -0.05) is 17.7 Å². The number of rotatable bonds is 9. The van der Waals surface area contributed by atoms with Gasteiger partial charge in [-0.05, 0) is 67.6 Å². The Labute approximate surface area is 233 Å². The molecule has 0 atom stereocenters. The van der Waals surface area contributed by atoms with Gasteiger partial charge in [0.25, 0.3) is 0 Å². The molecule has 0 aliphatic carbocycles. The topological polar surface area (TPSA) is 68.9 Å². The van der Waals surface area contributed by atoms with Crippen LogP contribution in [0.2, 0.25) is 0 Å². The number of ether oxygens (including phenoxy) is 3. The van der Waals surface area contributed by atoms with E-state index in [2.05, 4.69) is 0 Å². The van der Waals surface area contributed by atoms with Gasteiger partial charge in [0.05, 0.1) is 11.1 Å². The van der Waals surface area contributed by atoms with E-state index in [0.717, 1.165) is 11.3 Å². The summed E-state index contributed by atoms with van der Waals surface area (Å²) in [5.41, 5.74) is 3.06. The number of hydrogen-bond acceptors (Lipinski definition) is 6. The summed E-state index contributed by atoms with van der Waals surface area (Å²) < 4.78 is 18.7. The molecule has 0 fully saturated rings. The molecule has 0 N–H and O–H groups in total. The monoisotopic (exact) mass is 577 g/mol. The summed E-state index contributed by atoms with van der Waals surface area (Å²) in [6.45, 7) is 3.15. The van der Waals surface area contributed by atoms with Crippen LogP contribution < -0.4 is 23.7 Å². The highest BCUT2D eigenvalue weighted by molar-refractivity contribution is 8.93. The molecular weight excluding hydrogens is 548 g/mol. The second kappa shape index (κ2) is 13.4. The van der Waals surface area contributed by atoms with E-state index in [4.69, 9.17) is 14.2 Å². The summed E-state index contributed by atoms with van der Waals surface area (Å²) in [5, 5.41) is 0. The van der Waals surface area contributed by atoms with Crippen molar-refractivity contribution in [3.63, 3.8) is 0 Å². The molecule has 4 rings (SSSR count). The van der Waals surface area contributed by atoms with Gasteiger partial charge in [-0.25, -0.2) is 14.2 Å². The Hall–Kier alpha value is -4.17. The van der Waals surface area contributed by atoms with Gasteiger partial charge in [-0.2, -0.15) is 0 Å². The van der Waals surface area contributed by atoms with Crippen molar-refractivity contribution in [2.45, 2.75) is 13.5 Å². The van der Waals surface area contributed by atoms with E-state index in [1.54, 1.807) is 60.7 Å². The Morgan fingerprint density at radius 3 is 1.61 bits per heavy atom. The van der Waals surface area contributed by atoms with Gasteiger partial charge in [0.1, 0.15) is 23.9 Å². The minimum absolute atomic E-state index is 0. The van der Waals surface area contributed by atoms with Crippen LogP contribution in [0.25, 0.3) is 0 Å². The Morgan fingerprint density at radius 1 is 0.684 bits per heavy atom. The summed E-state index contributed by atoms with van der Waals surface area (Å²) in [6, 6.07) is 24.3. The highest BCUT2D eigenvalue weighted by Gasteiger charge is 2.11. The number of esters is 2. The third kappa shape index (κ3) is 7.91. The number of aryl methyl sites for hydroxylation is 1. The van der Waals surface area contributed by atoms with Gasteiger partial charge in [0.15, 0.2) is 18.9 Å². The first kappa shape index (κ1) is 28.4. The molecule has 0 aliphatic heterocycles. The fourth-order valence-electron chi connectivity index (χ4n) is 3.45. The third-order valence-corrected chi connectivity index (χ3v) is 5.63. The van der Waals surface area contributed by atoms with Crippen molar-refractivity contribution >= 4 is 34.6 Å². The number of anilines is 1. The fourth-order valence-corrected chi connectivity index (χ4v) is 3.45. The molecule has 1 aromatic heterocycles. The molecule has 196 valence electrons. The number of halogens is 1. The zero-order valence-electron chi connectivity index (χ0n) is 21.5. The Morgan fingerprint density at radius 2 is 1.13 bits per heavy atom. The summed E-state index contributed by atoms with van der Waals surface area (Å²) in [5.74, 6) is 0.429. The lowest BCUT2D eigenvalue weighted by molar-refractivity contribution is -0.697. The minimum Gasteiger partial charge on any atom is -0.487 e. The largest absolute Gasteiger partial charge is 0.487 e. The van der Waals surface area contributed by atoms with Gasteiger partial charge in [-0.3, -0.25) is 0 Å². The highest BCUT2D eigenvalue weighted by atomic mass is 79.9. The van der Waals surface area contributed by atoms with Gasteiger partial charge in [0, 0.05) is 31.9 Å². The first-order valence-corrected chi connectivity index (χ1v) is 11.9. The Bertz CT molecular complexity index is 1340. The molecule has 0 saturated carbocycles. The molecule has 0 bridgehead atoms. The quantitative estimate of drug-likeness (QED) is 0.150. The van der Waals surface area contributed by atoms with Crippen LogP contribution in [0.5, 0.6) is 17.2 Å². The second-order valence-corrected chi connectivity index (χ2v) is 8.68. The molecule has 4 aromatic rings. The predicted octanol–water partition coefficient (Wildman–Crippen LogP) is 5.44. The summed E-state index contributed by atoms with van der Waals surface area (Å²) in [4.78, 5) is 26.8. The van der Waals surface area contributed by atoms with Crippen LogP contribution in [0.3, 0.4) is 0 Å². The predicted molar refractivity (Wildman–Crippen MR) is 151 cm³/mol. The average Bonchev–Trinajstić information content (AvgIpc) is 2.91. The van der Waals surface area contributed by atoms with Gasteiger partial charge >= 0.3 is 11.9 Å². The number of hydrogen-bond donors (Lipinski definition) is 0. The zero-order valence-corrected chi connectivity index (χ0v) is 23.2. The molecule has 0 unspecified atom stereocenters. The first-order valence-electron chi connectivity index (χ1n) is 11.9. The summed E-state index contributed by atoms with van der Waals surface area (Å²) in [6.07, 6.45) is 4.02. The molecule has 0 radical (unpaired) electrons. The van der Waals surface area contributed by atoms with E-state index in [1.165, 1.54) is 0 Å². The molecule has 3 aromatic carbocycles. The maximum absolute atomic E-state index is 12.5. The van der Waals surface area contributed by atoms with Gasteiger partial charge in [-0.15, -0.1) is 17.0 Å². The van der Waals surface area contributed by atoms with Gasteiger partial charge < -0.3 is 19.1 Å². The molecule has 7 nitrogen and oxygen atoms in total. The van der Waals surface area contributed by atoms with E-state index in [9.17, 15) is 9.59 Å². The molecule has 0 aliphatic rings. The van der Waals surface area contributed by atoms with Crippen molar-refractivity contribution in [1.82, 2.24) is 0 Å². The van der Waals surface area contributed by atoms with Crippen LogP contribution >= 0.6 is 17.0 Å². The van der Waals surface area contributed by atoms with Crippen LogP contribution in [-0.4, -0.2) is 32.6 Å². The van der Waals surface area contributed by atoms with Crippen LogP contribution in [0, 0.1) is 6.92 Å². The molecule has 8 heteroatoms. The lowest BCUT2D eigenvalue weighted by atomic mass is 10.1. The number of carbonyl (C=O) groups is 2. The summed E-state index contributed by atoms with van der Waals surface area (Å²) in [7, 11) is 4.01. The smallest absolute Gasteiger partial charge is 0.343 e. The maximum Gasteiger partial charge on any atom is 0.343 e. The standard InChI is InChI=1S/C30H29N2O5.BrH/c1-22-4-6-23(7-5-22)29(33)36-27-12-14-28(15-13-27)37-30(34)24-8-10-26(11-9-24)35-21-20-32-18-16-25(17-19-32)31(2)3;/h4-19H,20-21H2,1-3H3;1H/q+1;. The zero-order chi connectivity index (χ0) is 26.2. The van der Waals surface area contributed by atoms with E-state index in [0.29, 0.717) is 41.5 Å². The molecular formula is C30H30BrN2O5+. The maximum atomic E-state index is 12.5. The van der Waals surface area contributed by atoms with E-state index in [-0.39, 0.29) is 17.0 Å². The van der Waals surface area contributed by atoms with Crippen molar-refractivity contribution in [2.75, 3.05) is 25.6 Å². The Kier molecular flexibility index (Phi) is 10.0. The molecule has 1 heterocycles. The van der Waals surface area contributed by atoms with Crippen LogP contribution in [0.4, 0.5) is 5.69 Å². The number of pyridine rings is 1. The SMILES string of the molecule is Br.Cc1ccc(C(=O)Oc2ccc(OC(=O)c3ccc(OCC[n+]4ccc(N(C)C)cc4)cc3)cc2)cc1. The average molecular weight is 578 g/mol. The van der Waals surface area contributed by atoms with Crippen molar-refractivity contribution in [2.24, 2.45) is 0 Å².